The van der Waals surface area contributed by atoms with Gasteiger partial charge in [0.1, 0.15) is 6.10 Å². The summed E-state index contributed by atoms with van der Waals surface area (Å²) < 4.78 is 11.1. The van der Waals surface area contributed by atoms with Crippen LogP contribution in [-0.4, -0.2) is 28.7 Å². The van der Waals surface area contributed by atoms with Crippen LogP contribution in [0.3, 0.4) is 0 Å². The van der Waals surface area contributed by atoms with Gasteiger partial charge in [-0.15, -0.1) is 0 Å². The van der Waals surface area contributed by atoms with Crippen molar-refractivity contribution >= 4 is 0 Å². The van der Waals surface area contributed by atoms with Crippen LogP contribution in [0.15, 0.2) is 12.4 Å². The highest BCUT2D eigenvalue weighted by atomic mass is 16.5. The summed E-state index contributed by atoms with van der Waals surface area (Å²) in [7, 11) is 0. The van der Waals surface area contributed by atoms with Crippen LogP contribution >= 0.6 is 0 Å². The maximum absolute atomic E-state index is 5.94. The Kier molecular flexibility index (Phi) is 4.14. The Hall–Kier alpha value is -1.36. The third kappa shape index (κ3) is 3.30. The van der Waals surface area contributed by atoms with Crippen LogP contribution < -0.4 is 15.2 Å². The maximum Gasteiger partial charge on any atom is 0.235 e. The van der Waals surface area contributed by atoms with Crippen molar-refractivity contribution in [3.8, 4) is 11.8 Å². The quantitative estimate of drug-likeness (QED) is 0.840. The lowest BCUT2D eigenvalue weighted by atomic mass is 10.2. The first-order valence-corrected chi connectivity index (χ1v) is 6.16. The molecule has 0 aromatic carbocycles. The van der Waals surface area contributed by atoms with Crippen molar-refractivity contribution in [2.45, 2.75) is 44.8 Å². The smallest absolute Gasteiger partial charge is 0.235 e. The molecule has 0 spiro atoms. The molecular formula is C12H19N3O2. The normalized spacial score (nSPS) is 23.6. The van der Waals surface area contributed by atoms with Crippen LogP contribution in [0.4, 0.5) is 0 Å². The van der Waals surface area contributed by atoms with Crippen LogP contribution in [0.2, 0.25) is 0 Å². The molecule has 1 aliphatic carbocycles. The minimum absolute atomic E-state index is 0.0609. The first-order valence-electron chi connectivity index (χ1n) is 6.16. The van der Waals surface area contributed by atoms with Crippen molar-refractivity contribution in [1.82, 2.24) is 9.97 Å². The summed E-state index contributed by atoms with van der Waals surface area (Å²) in [5, 5.41) is 0. The molecule has 0 amide bonds. The number of ether oxygens (including phenoxy) is 2. The summed E-state index contributed by atoms with van der Waals surface area (Å²) in [4.78, 5) is 8.30. The topological polar surface area (TPSA) is 70.3 Å². The molecule has 1 aromatic rings. The minimum Gasteiger partial charge on any atom is -0.477 e. The van der Waals surface area contributed by atoms with Gasteiger partial charge in [-0.3, -0.25) is 4.98 Å². The Labute approximate surface area is 101 Å². The van der Waals surface area contributed by atoms with Crippen LogP contribution in [0.5, 0.6) is 11.8 Å². The molecule has 1 fully saturated rings. The van der Waals surface area contributed by atoms with Crippen molar-refractivity contribution in [3.63, 3.8) is 0 Å². The maximum atomic E-state index is 5.94. The molecule has 0 bridgehead atoms. The summed E-state index contributed by atoms with van der Waals surface area (Å²) in [6.07, 6.45) is 7.32. The number of nitrogens with two attached hydrogens (primary N) is 1. The Morgan fingerprint density at radius 1 is 1.35 bits per heavy atom. The van der Waals surface area contributed by atoms with E-state index in [1.54, 1.807) is 12.4 Å². The van der Waals surface area contributed by atoms with Gasteiger partial charge in [-0.1, -0.05) is 6.92 Å². The van der Waals surface area contributed by atoms with Crippen molar-refractivity contribution in [1.29, 1.82) is 0 Å². The molecule has 2 N–H and O–H groups in total. The highest BCUT2D eigenvalue weighted by molar-refractivity contribution is 5.13. The molecule has 5 nitrogen and oxygen atoms in total. The van der Waals surface area contributed by atoms with E-state index in [-0.39, 0.29) is 12.1 Å². The second-order valence-electron chi connectivity index (χ2n) is 4.30. The van der Waals surface area contributed by atoms with Gasteiger partial charge in [0.15, 0.2) is 0 Å². The highest BCUT2D eigenvalue weighted by Gasteiger charge is 2.26. The minimum atomic E-state index is 0.0609. The van der Waals surface area contributed by atoms with E-state index in [0.29, 0.717) is 18.4 Å². The molecule has 0 aliphatic heterocycles. The zero-order valence-electron chi connectivity index (χ0n) is 10.1. The van der Waals surface area contributed by atoms with E-state index in [4.69, 9.17) is 15.2 Å². The highest BCUT2D eigenvalue weighted by Crippen LogP contribution is 2.22. The molecule has 1 aromatic heterocycles. The Bertz CT molecular complexity index is 359. The van der Waals surface area contributed by atoms with Gasteiger partial charge < -0.3 is 15.2 Å². The van der Waals surface area contributed by atoms with Crippen LogP contribution in [-0.2, 0) is 0 Å². The van der Waals surface area contributed by atoms with Crippen molar-refractivity contribution in [2.75, 3.05) is 6.61 Å². The predicted octanol–water partition coefficient (Wildman–Crippen LogP) is 1.52. The first-order chi connectivity index (χ1) is 8.29. The fourth-order valence-electron chi connectivity index (χ4n) is 1.92. The number of hydrogen-bond acceptors (Lipinski definition) is 5. The lowest BCUT2D eigenvalue weighted by Crippen LogP contribution is -2.33. The zero-order chi connectivity index (χ0) is 12.1. The summed E-state index contributed by atoms with van der Waals surface area (Å²) in [5.41, 5.74) is 5.94. The van der Waals surface area contributed by atoms with E-state index in [0.717, 1.165) is 25.7 Å². The second kappa shape index (κ2) is 5.82. The van der Waals surface area contributed by atoms with Crippen LogP contribution in [0.25, 0.3) is 0 Å². The van der Waals surface area contributed by atoms with Crippen molar-refractivity contribution < 1.29 is 9.47 Å². The molecule has 1 aliphatic rings. The third-order valence-electron chi connectivity index (χ3n) is 2.82. The van der Waals surface area contributed by atoms with Crippen molar-refractivity contribution in [2.24, 2.45) is 5.73 Å². The van der Waals surface area contributed by atoms with Crippen LogP contribution in [0, 0.1) is 0 Å². The van der Waals surface area contributed by atoms with Gasteiger partial charge >= 0.3 is 0 Å². The van der Waals surface area contributed by atoms with Gasteiger partial charge in [0.05, 0.1) is 19.0 Å². The molecule has 2 atom stereocenters. The fraction of sp³-hybridized carbons (Fsp3) is 0.667. The van der Waals surface area contributed by atoms with E-state index in [1.165, 1.54) is 0 Å². The average Bonchev–Trinajstić information content (AvgIpc) is 2.73. The van der Waals surface area contributed by atoms with Gasteiger partial charge in [0, 0.05) is 6.04 Å². The van der Waals surface area contributed by atoms with Gasteiger partial charge in [-0.05, 0) is 25.7 Å². The summed E-state index contributed by atoms with van der Waals surface area (Å²) in [5.74, 6) is 1.01. The molecule has 17 heavy (non-hydrogen) atoms. The van der Waals surface area contributed by atoms with E-state index in [2.05, 4.69) is 9.97 Å². The van der Waals surface area contributed by atoms with Crippen LogP contribution in [0.1, 0.15) is 32.6 Å². The number of aromatic nitrogens is 2. The Morgan fingerprint density at radius 3 is 2.88 bits per heavy atom. The summed E-state index contributed by atoms with van der Waals surface area (Å²) in [6, 6.07) is 0.108. The van der Waals surface area contributed by atoms with Gasteiger partial charge in [0.2, 0.25) is 11.8 Å². The Balaban J connectivity index is 1.95. The molecule has 1 heterocycles. The fourth-order valence-corrected chi connectivity index (χ4v) is 1.92. The number of nitrogens with zero attached hydrogens (tertiary/aromatic N) is 2. The first kappa shape index (κ1) is 12.1. The molecule has 94 valence electrons. The molecule has 1 saturated carbocycles. The Morgan fingerprint density at radius 2 is 2.18 bits per heavy atom. The monoisotopic (exact) mass is 237 g/mol. The lowest BCUT2D eigenvalue weighted by Gasteiger charge is -2.16. The lowest BCUT2D eigenvalue weighted by molar-refractivity contribution is 0.179. The third-order valence-corrected chi connectivity index (χ3v) is 2.82. The van der Waals surface area contributed by atoms with Gasteiger partial charge in [-0.25, -0.2) is 0 Å². The molecule has 2 rings (SSSR count). The average molecular weight is 237 g/mol. The largest absolute Gasteiger partial charge is 0.477 e. The predicted molar refractivity (Wildman–Crippen MR) is 64.1 cm³/mol. The second-order valence-corrected chi connectivity index (χ2v) is 4.30. The molecule has 0 radical (unpaired) electrons. The molecule has 2 unspecified atom stereocenters. The molecule has 0 saturated heterocycles. The van der Waals surface area contributed by atoms with E-state index < -0.39 is 0 Å². The molecule has 5 heteroatoms. The van der Waals surface area contributed by atoms with Gasteiger partial charge in [-0.2, -0.15) is 4.98 Å². The summed E-state index contributed by atoms with van der Waals surface area (Å²) >= 11 is 0. The number of rotatable bonds is 5. The van der Waals surface area contributed by atoms with E-state index in [9.17, 15) is 0 Å². The van der Waals surface area contributed by atoms with E-state index >= 15 is 0 Å². The summed E-state index contributed by atoms with van der Waals surface area (Å²) in [6.45, 7) is 2.69. The van der Waals surface area contributed by atoms with Crippen molar-refractivity contribution in [3.05, 3.63) is 12.4 Å². The van der Waals surface area contributed by atoms with E-state index in [1.807, 2.05) is 6.92 Å². The van der Waals surface area contributed by atoms with Gasteiger partial charge in [0.25, 0.3) is 0 Å². The molecular weight excluding hydrogens is 218 g/mol. The number of hydrogen-bond donors (Lipinski definition) is 1. The SMILES string of the molecule is CCCOc1cncc(OC2CCCC2N)n1. The zero-order valence-corrected chi connectivity index (χ0v) is 10.1. The standard InChI is InChI=1S/C12H19N3O2/c1-2-6-16-11-7-14-8-12(15-11)17-10-5-3-4-9(10)13/h7-10H,2-6,13H2,1H3.